The topological polar surface area (TPSA) is 79.5 Å². The molecule has 0 aromatic carbocycles. The molecule has 1 aromatic rings. The van der Waals surface area contributed by atoms with Crippen molar-refractivity contribution in [3.8, 4) is 0 Å². The summed E-state index contributed by atoms with van der Waals surface area (Å²) >= 11 is 0. The minimum absolute atomic E-state index is 0.0385. The Balaban J connectivity index is 2.26. The summed E-state index contributed by atoms with van der Waals surface area (Å²) in [5.74, 6) is 0.404. The van der Waals surface area contributed by atoms with Gasteiger partial charge in [-0.25, -0.2) is 4.98 Å². The van der Waals surface area contributed by atoms with Crippen LogP contribution in [0.2, 0.25) is 0 Å². The zero-order valence-electron chi connectivity index (χ0n) is 10.6. The summed E-state index contributed by atoms with van der Waals surface area (Å²) in [6, 6.07) is 1.54. The third kappa shape index (κ3) is 2.59. The van der Waals surface area contributed by atoms with E-state index in [4.69, 9.17) is 0 Å². The van der Waals surface area contributed by atoms with Crippen molar-refractivity contribution in [3.63, 3.8) is 0 Å². The number of hydrogen-bond donors (Lipinski definition) is 1. The molecule has 0 aliphatic carbocycles. The first-order chi connectivity index (χ1) is 8.39. The van der Waals surface area contributed by atoms with E-state index >= 15 is 0 Å². The minimum Gasteiger partial charge on any atom is -0.390 e. The molecule has 0 unspecified atom stereocenters. The molecule has 0 saturated carbocycles. The number of pyridine rings is 1. The molecule has 98 valence electrons. The molecule has 2 heterocycles. The standard InChI is InChI=1S/C12H17N3O3/c1-9-7-10(15(17)18)11(13-8-9)14-5-3-12(2,16)4-6-14/h7-8,16H,3-6H2,1-2H3. The predicted octanol–water partition coefficient (Wildman–Crippen LogP) is 1.65. The Morgan fingerprint density at radius 3 is 2.67 bits per heavy atom. The van der Waals surface area contributed by atoms with Crippen LogP contribution in [0, 0.1) is 17.0 Å². The zero-order chi connectivity index (χ0) is 13.3. The van der Waals surface area contributed by atoms with Crippen molar-refractivity contribution in [1.29, 1.82) is 0 Å². The Hall–Kier alpha value is -1.69. The fourth-order valence-electron chi connectivity index (χ4n) is 2.12. The average Bonchev–Trinajstić information content (AvgIpc) is 2.29. The quantitative estimate of drug-likeness (QED) is 0.638. The molecule has 1 aromatic heterocycles. The van der Waals surface area contributed by atoms with Crippen molar-refractivity contribution < 1.29 is 10.0 Å². The van der Waals surface area contributed by atoms with Gasteiger partial charge in [-0.05, 0) is 32.3 Å². The van der Waals surface area contributed by atoms with Gasteiger partial charge in [0.2, 0.25) is 5.82 Å². The molecule has 1 saturated heterocycles. The molecule has 1 aliphatic rings. The van der Waals surface area contributed by atoms with Crippen LogP contribution in [-0.2, 0) is 0 Å². The van der Waals surface area contributed by atoms with Crippen molar-refractivity contribution in [2.75, 3.05) is 18.0 Å². The van der Waals surface area contributed by atoms with Gasteiger partial charge < -0.3 is 10.0 Å². The second-order valence-corrected chi connectivity index (χ2v) is 5.10. The van der Waals surface area contributed by atoms with E-state index in [1.54, 1.807) is 20.0 Å². The zero-order valence-corrected chi connectivity index (χ0v) is 10.6. The van der Waals surface area contributed by atoms with Crippen LogP contribution in [-0.4, -0.2) is 33.7 Å². The largest absolute Gasteiger partial charge is 0.390 e. The Bertz CT molecular complexity index is 464. The maximum absolute atomic E-state index is 11.0. The molecule has 2 rings (SSSR count). The molecule has 1 aliphatic heterocycles. The number of aliphatic hydroxyl groups is 1. The van der Waals surface area contributed by atoms with E-state index < -0.39 is 10.5 Å². The smallest absolute Gasteiger partial charge is 0.311 e. The number of aromatic nitrogens is 1. The highest BCUT2D eigenvalue weighted by molar-refractivity contribution is 5.58. The molecule has 0 spiro atoms. The molecule has 0 amide bonds. The van der Waals surface area contributed by atoms with Gasteiger partial charge in [-0.2, -0.15) is 0 Å². The van der Waals surface area contributed by atoms with Gasteiger partial charge in [0, 0.05) is 25.4 Å². The van der Waals surface area contributed by atoms with Crippen molar-refractivity contribution in [1.82, 2.24) is 4.98 Å². The summed E-state index contributed by atoms with van der Waals surface area (Å²) in [7, 11) is 0. The Morgan fingerprint density at radius 2 is 2.11 bits per heavy atom. The predicted molar refractivity (Wildman–Crippen MR) is 67.7 cm³/mol. The van der Waals surface area contributed by atoms with Crippen molar-refractivity contribution in [2.24, 2.45) is 0 Å². The van der Waals surface area contributed by atoms with Crippen molar-refractivity contribution >= 4 is 11.5 Å². The summed E-state index contributed by atoms with van der Waals surface area (Å²) in [4.78, 5) is 16.7. The van der Waals surface area contributed by atoms with Crippen LogP contribution in [0.25, 0.3) is 0 Å². The van der Waals surface area contributed by atoms with Crippen LogP contribution < -0.4 is 4.90 Å². The first-order valence-corrected chi connectivity index (χ1v) is 5.97. The lowest BCUT2D eigenvalue weighted by atomic mass is 9.94. The van der Waals surface area contributed by atoms with E-state index in [0.29, 0.717) is 31.7 Å². The molecule has 0 atom stereocenters. The number of rotatable bonds is 2. The molecular weight excluding hydrogens is 234 g/mol. The first-order valence-electron chi connectivity index (χ1n) is 5.97. The SMILES string of the molecule is Cc1cnc(N2CCC(C)(O)CC2)c([N+](=O)[O-])c1. The van der Waals surface area contributed by atoms with Gasteiger partial charge in [0.25, 0.3) is 0 Å². The van der Waals surface area contributed by atoms with Crippen molar-refractivity contribution in [3.05, 3.63) is 27.9 Å². The average molecular weight is 251 g/mol. The third-order valence-electron chi connectivity index (χ3n) is 3.32. The summed E-state index contributed by atoms with van der Waals surface area (Å²) in [5.41, 5.74) is 0.140. The number of nitro groups is 1. The molecule has 1 N–H and O–H groups in total. The summed E-state index contributed by atoms with van der Waals surface area (Å²) in [5, 5.41) is 20.9. The van der Waals surface area contributed by atoms with Crippen LogP contribution in [0.15, 0.2) is 12.3 Å². The van der Waals surface area contributed by atoms with Crippen LogP contribution in [0.3, 0.4) is 0 Å². The van der Waals surface area contributed by atoms with Crippen LogP contribution in [0.1, 0.15) is 25.3 Å². The molecule has 0 radical (unpaired) electrons. The number of hydrogen-bond acceptors (Lipinski definition) is 5. The Morgan fingerprint density at radius 1 is 1.50 bits per heavy atom. The second kappa shape index (κ2) is 4.53. The highest BCUT2D eigenvalue weighted by Crippen LogP contribution is 2.31. The van der Waals surface area contributed by atoms with E-state index in [0.717, 1.165) is 5.56 Å². The third-order valence-corrected chi connectivity index (χ3v) is 3.32. The number of anilines is 1. The summed E-state index contributed by atoms with van der Waals surface area (Å²) < 4.78 is 0. The molecule has 18 heavy (non-hydrogen) atoms. The maximum Gasteiger partial charge on any atom is 0.311 e. The maximum atomic E-state index is 11.0. The number of aryl methyl sites for hydroxylation is 1. The molecule has 6 nitrogen and oxygen atoms in total. The van der Waals surface area contributed by atoms with E-state index in [-0.39, 0.29) is 5.69 Å². The van der Waals surface area contributed by atoms with Gasteiger partial charge >= 0.3 is 5.69 Å². The second-order valence-electron chi connectivity index (χ2n) is 5.10. The van der Waals surface area contributed by atoms with E-state index in [1.165, 1.54) is 6.07 Å². The lowest BCUT2D eigenvalue weighted by Crippen LogP contribution is -2.43. The Kier molecular flexibility index (Phi) is 3.21. The summed E-state index contributed by atoms with van der Waals surface area (Å²) in [6.07, 6.45) is 2.83. The first kappa shape index (κ1) is 12.8. The van der Waals surface area contributed by atoms with Gasteiger partial charge in [-0.15, -0.1) is 0 Å². The van der Waals surface area contributed by atoms with Gasteiger partial charge in [-0.3, -0.25) is 10.1 Å². The van der Waals surface area contributed by atoms with Crippen molar-refractivity contribution in [2.45, 2.75) is 32.3 Å². The minimum atomic E-state index is -0.671. The van der Waals surface area contributed by atoms with E-state index in [1.807, 2.05) is 4.90 Å². The van der Waals surface area contributed by atoms with Crippen LogP contribution >= 0.6 is 0 Å². The molecule has 0 bridgehead atoms. The van der Waals surface area contributed by atoms with Gasteiger partial charge in [0.05, 0.1) is 10.5 Å². The van der Waals surface area contributed by atoms with E-state index in [9.17, 15) is 15.2 Å². The van der Waals surface area contributed by atoms with Gasteiger partial charge in [-0.1, -0.05) is 0 Å². The Labute approximate surface area is 105 Å². The van der Waals surface area contributed by atoms with Gasteiger partial charge in [0.1, 0.15) is 0 Å². The lowest BCUT2D eigenvalue weighted by Gasteiger charge is -2.36. The summed E-state index contributed by atoms with van der Waals surface area (Å²) in [6.45, 7) is 4.75. The molecule has 1 fully saturated rings. The number of nitrogens with zero attached hydrogens (tertiary/aromatic N) is 3. The highest BCUT2D eigenvalue weighted by atomic mass is 16.6. The fourth-order valence-corrected chi connectivity index (χ4v) is 2.12. The molecular formula is C12H17N3O3. The lowest BCUT2D eigenvalue weighted by molar-refractivity contribution is -0.384. The molecule has 6 heteroatoms. The highest BCUT2D eigenvalue weighted by Gasteiger charge is 2.31. The van der Waals surface area contributed by atoms with Gasteiger partial charge in [0.15, 0.2) is 0 Å². The van der Waals surface area contributed by atoms with Crippen LogP contribution in [0.5, 0.6) is 0 Å². The van der Waals surface area contributed by atoms with Crippen LogP contribution in [0.4, 0.5) is 11.5 Å². The fraction of sp³-hybridized carbons (Fsp3) is 0.583. The monoisotopic (exact) mass is 251 g/mol. The van der Waals surface area contributed by atoms with E-state index in [2.05, 4.69) is 4.98 Å². The normalized spacial score (nSPS) is 18.7. The number of piperidine rings is 1.